The van der Waals surface area contributed by atoms with Gasteiger partial charge in [-0.25, -0.2) is 4.79 Å². The number of esters is 1. The second-order valence-corrected chi connectivity index (χ2v) is 3.60. The molecule has 2 nitrogen and oxygen atoms in total. The summed E-state index contributed by atoms with van der Waals surface area (Å²) in [6, 6.07) is 5.06. The third kappa shape index (κ3) is 2.39. The number of halogens is 1. The van der Waals surface area contributed by atoms with E-state index in [4.69, 9.17) is 11.6 Å². The highest BCUT2D eigenvalue weighted by Crippen LogP contribution is 2.26. The van der Waals surface area contributed by atoms with Crippen LogP contribution in [0.3, 0.4) is 0 Å². The molecule has 4 heteroatoms. The molecule has 0 N–H and O–H groups in total. The number of carbonyl (C=O) groups is 1. The number of thioether (sulfide) groups is 1. The molecule has 0 radical (unpaired) electrons. The maximum absolute atomic E-state index is 11.1. The van der Waals surface area contributed by atoms with E-state index in [0.29, 0.717) is 10.6 Å². The molecule has 0 aromatic heterocycles. The topological polar surface area (TPSA) is 26.3 Å². The molecule has 0 aliphatic rings. The molecule has 0 saturated carbocycles. The zero-order valence-corrected chi connectivity index (χ0v) is 8.91. The molecule has 1 aromatic rings. The molecule has 13 heavy (non-hydrogen) atoms. The lowest BCUT2D eigenvalue weighted by Gasteiger charge is -2.03. The van der Waals surface area contributed by atoms with E-state index in [9.17, 15) is 4.79 Å². The number of hydrogen-bond acceptors (Lipinski definition) is 3. The summed E-state index contributed by atoms with van der Waals surface area (Å²) in [7, 11) is 1.36. The molecule has 0 heterocycles. The minimum absolute atomic E-state index is 0.341. The van der Waals surface area contributed by atoms with Crippen molar-refractivity contribution in [1.29, 1.82) is 0 Å². The standard InChI is InChI=1S/C9H9ClO2S/c1-12-9(11)6-3-4-7(10)8(5-6)13-2/h3-5H,1-2H3. The monoisotopic (exact) mass is 216 g/mol. The number of ether oxygens (including phenoxy) is 1. The van der Waals surface area contributed by atoms with Gasteiger partial charge in [0.2, 0.25) is 0 Å². The fraction of sp³-hybridized carbons (Fsp3) is 0.222. The SMILES string of the molecule is COC(=O)c1ccc(Cl)c(SC)c1. The quantitative estimate of drug-likeness (QED) is 0.562. The van der Waals surface area contributed by atoms with Crippen LogP contribution in [-0.4, -0.2) is 19.3 Å². The van der Waals surface area contributed by atoms with E-state index in [1.54, 1.807) is 18.2 Å². The Morgan fingerprint density at radius 3 is 2.77 bits per heavy atom. The van der Waals surface area contributed by atoms with Gasteiger partial charge in [-0.05, 0) is 24.5 Å². The predicted octanol–water partition coefficient (Wildman–Crippen LogP) is 2.85. The summed E-state index contributed by atoms with van der Waals surface area (Å²) in [6.45, 7) is 0. The summed E-state index contributed by atoms with van der Waals surface area (Å²) in [6.07, 6.45) is 1.91. The Kier molecular flexibility index (Phi) is 3.63. The molecule has 0 amide bonds. The maximum atomic E-state index is 11.1. The number of benzene rings is 1. The van der Waals surface area contributed by atoms with Gasteiger partial charge < -0.3 is 4.74 Å². The Hall–Kier alpha value is -0.670. The third-order valence-corrected chi connectivity index (χ3v) is 2.79. The van der Waals surface area contributed by atoms with Crippen molar-refractivity contribution in [2.75, 3.05) is 13.4 Å². The van der Waals surface area contributed by atoms with Crippen LogP contribution in [0.25, 0.3) is 0 Å². The first kappa shape index (κ1) is 10.4. The molecule has 0 atom stereocenters. The van der Waals surface area contributed by atoms with E-state index in [0.717, 1.165) is 4.90 Å². The highest BCUT2D eigenvalue weighted by atomic mass is 35.5. The number of rotatable bonds is 2. The van der Waals surface area contributed by atoms with Crippen molar-refractivity contribution in [3.63, 3.8) is 0 Å². The van der Waals surface area contributed by atoms with E-state index < -0.39 is 0 Å². The van der Waals surface area contributed by atoms with Crippen LogP contribution in [0, 0.1) is 0 Å². The van der Waals surface area contributed by atoms with Crippen LogP contribution in [0.5, 0.6) is 0 Å². The molecular formula is C9H9ClO2S. The van der Waals surface area contributed by atoms with Crippen molar-refractivity contribution in [3.05, 3.63) is 28.8 Å². The summed E-state index contributed by atoms with van der Waals surface area (Å²) in [5.74, 6) is -0.341. The van der Waals surface area contributed by atoms with E-state index in [1.807, 2.05) is 6.26 Å². The lowest BCUT2D eigenvalue weighted by atomic mass is 10.2. The summed E-state index contributed by atoms with van der Waals surface area (Å²) in [5, 5.41) is 0.653. The normalized spacial score (nSPS) is 9.77. The molecule has 0 spiro atoms. The summed E-state index contributed by atoms with van der Waals surface area (Å²) in [4.78, 5) is 12.0. The summed E-state index contributed by atoms with van der Waals surface area (Å²) in [5.41, 5.74) is 0.524. The minimum atomic E-state index is -0.341. The van der Waals surface area contributed by atoms with E-state index in [1.165, 1.54) is 18.9 Å². The Bertz CT molecular complexity index is 325. The number of methoxy groups -OCH3 is 1. The van der Waals surface area contributed by atoms with Gasteiger partial charge in [0.15, 0.2) is 0 Å². The van der Waals surface area contributed by atoms with Crippen molar-refractivity contribution < 1.29 is 9.53 Å². The van der Waals surface area contributed by atoms with E-state index in [-0.39, 0.29) is 5.97 Å². The van der Waals surface area contributed by atoms with Gasteiger partial charge in [-0.1, -0.05) is 11.6 Å². The lowest BCUT2D eigenvalue weighted by molar-refractivity contribution is 0.0600. The number of hydrogen-bond donors (Lipinski definition) is 0. The van der Waals surface area contributed by atoms with Gasteiger partial charge in [0.1, 0.15) is 0 Å². The fourth-order valence-corrected chi connectivity index (χ4v) is 1.76. The van der Waals surface area contributed by atoms with Crippen LogP contribution >= 0.6 is 23.4 Å². The third-order valence-electron chi connectivity index (χ3n) is 1.57. The lowest BCUT2D eigenvalue weighted by Crippen LogP contribution is -2.00. The zero-order valence-electron chi connectivity index (χ0n) is 7.33. The number of carbonyl (C=O) groups excluding carboxylic acids is 1. The van der Waals surface area contributed by atoms with E-state index >= 15 is 0 Å². The van der Waals surface area contributed by atoms with Crippen LogP contribution in [0.4, 0.5) is 0 Å². The first-order valence-electron chi connectivity index (χ1n) is 3.61. The van der Waals surface area contributed by atoms with Crippen LogP contribution in [0.1, 0.15) is 10.4 Å². The molecule has 0 unspecified atom stereocenters. The van der Waals surface area contributed by atoms with Gasteiger partial charge in [0, 0.05) is 4.90 Å². The Balaban J connectivity index is 3.06. The Morgan fingerprint density at radius 1 is 1.54 bits per heavy atom. The maximum Gasteiger partial charge on any atom is 0.337 e. The van der Waals surface area contributed by atoms with Gasteiger partial charge in [-0.3, -0.25) is 0 Å². The van der Waals surface area contributed by atoms with Crippen LogP contribution in [-0.2, 0) is 4.74 Å². The molecule has 1 rings (SSSR count). The van der Waals surface area contributed by atoms with Crippen molar-refractivity contribution >= 4 is 29.3 Å². The highest BCUT2D eigenvalue weighted by Gasteiger charge is 2.07. The van der Waals surface area contributed by atoms with E-state index in [2.05, 4.69) is 4.74 Å². The second kappa shape index (κ2) is 4.53. The first-order valence-corrected chi connectivity index (χ1v) is 5.21. The molecule has 0 saturated heterocycles. The van der Waals surface area contributed by atoms with Gasteiger partial charge in [0.25, 0.3) is 0 Å². The van der Waals surface area contributed by atoms with Gasteiger partial charge in [0.05, 0.1) is 17.7 Å². The Labute approximate surface area is 86.2 Å². The summed E-state index contributed by atoms with van der Waals surface area (Å²) < 4.78 is 4.58. The first-order chi connectivity index (χ1) is 6.19. The molecule has 0 fully saturated rings. The molecule has 0 bridgehead atoms. The second-order valence-electron chi connectivity index (χ2n) is 2.34. The smallest absolute Gasteiger partial charge is 0.337 e. The van der Waals surface area contributed by atoms with Crippen molar-refractivity contribution in [2.24, 2.45) is 0 Å². The Morgan fingerprint density at radius 2 is 2.23 bits per heavy atom. The average Bonchev–Trinajstić information content (AvgIpc) is 2.17. The molecule has 1 aromatic carbocycles. The van der Waals surface area contributed by atoms with Crippen LogP contribution < -0.4 is 0 Å². The zero-order chi connectivity index (χ0) is 9.84. The van der Waals surface area contributed by atoms with Crippen molar-refractivity contribution in [2.45, 2.75) is 4.90 Å². The minimum Gasteiger partial charge on any atom is -0.465 e. The molecule has 0 aliphatic carbocycles. The van der Waals surface area contributed by atoms with Gasteiger partial charge in [-0.2, -0.15) is 0 Å². The largest absolute Gasteiger partial charge is 0.465 e. The summed E-state index contributed by atoms with van der Waals surface area (Å²) >= 11 is 7.37. The fourth-order valence-electron chi connectivity index (χ4n) is 0.905. The predicted molar refractivity (Wildman–Crippen MR) is 54.6 cm³/mol. The molecule has 70 valence electrons. The highest BCUT2D eigenvalue weighted by molar-refractivity contribution is 7.98. The van der Waals surface area contributed by atoms with Crippen LogP contribution in [0.2, 0.25) is 5.02 Å². The van der Waals surface area contributed by atoms with Gasteiger partial charge in [-0.15, -0.1) is 11.8 Å². The van der Waals surface area contributed by atoms with Crippen molar-refractivity contribution in [1.82, 2.24) is 0 Å². The molecular weight excluding hydrogens is 208 g/mol. The van der Waals surface area contributed by atoms with Crippen LogP contribution in [0.15, 0.2) is 23.1 Å². The van der Waals surface area contributed by atoms with Crippen molar-refractivity contribution in [3.8, 4) is 0 Å². The molecule has 0 aliphatic heterocycles. The van der Waals surface area contributed by atoms with Gasteiger partial charge >= 0.3 is 5.97 Å². The average molecular weight is 217 g/mol.